The van der Waals surface area contributed by atoms with Crippen molar-refractivity contribution in [2.24, 2.45) is 17.8 Å². The zero-order chi connectivity index (χ0) is 20.7. The van der Waals surface area contributed by atoms with Crippen molar-refractivity contribution in [1.82, 2.24) is 0 Å². The minimum atomic E-state index is -6.30. The highest BCUT2D eigenvalue weighted by Crippen LogP contribution is 2.48. The van der Waals surface area contributed by atoms with E-state index in [1.54, 1.807) is 18.2 Å². The van der Waals surface area contributed by atoms with Crippen LogP contribution in [0.3, 0.4) is 0 Å². The molecule has 2 rings (SSSR count). The van der Waals surface area contributed by atoms with Crippen LogP contribution in [0.2, 0.25) is 0 Å². The molecule has 27 heavy (non-hydrogen) atoms. The van der Waals surface area contributed by atoms with Crippen LogP contribution in [0.25, 0.3) is 0 Å². The van der Waals surface area contributed by atoms with Crippen LogP contribution in [0.1, 0.15) is 19.3 Å². The van der Waals surface area contributed by atoms with Gasteiger partial charge in [-0.25, -0.2) is 0 Å². The van der Waals surface area contributed by atoms with Crippen LogP contribution in [-0.2, 0) is 19.6 Å². The van der Waals surface area contributed by atoms with E-state index in [0.29, 0.717) is 6.42 Å². The number of rotatable bonds is 4. The molecule has 5 nitrogen and oxygen atoms in total. The lowest BCUT2D eigenvalue weighted by atomic mass is 9.72. The van der Waals surface area contributed by atoms with Gasteiger partial charge in [-0.15, -0.1) is 0 Å². The molecule has 0 spiro atoms. The van der Waals surface area contributed by atoms with Crippen molar-refractivity contribution in [2.45, 2.75) is 37.2 Å². The zero-order valence-electron chi connectivity index (χ0n) is 13.6. The molecule has 0 saturated heterocycles. The second-order valence-corrected chi connectivity index (χ2v) is 8.03. The predicted octanol–water partition coefficient (Wildman–Crippen LogP) is 3.44. The number of carbonyl (C=O) groups excluding carboxylic acids is 1. The van der Waals surface area contributed by atoms with E-state index < -0.39 is 45.7 Å². The van der Waals surface area contributed by atoms with Crippen molar-refractivity contribution in [3.63, 3.8) is 0 Å². The highest BCUT2D eigenvalue weighted by atomic mass is 32.2. The molecule has 154 valence electrons. The molecule has 3 atom stereocenters. The van der Waals surface area contributed by atoms with Crippen molar-refractivity contribution in [3.05, 3.63) is 24.3 Å². The average Bonchev–Trinajstić information content (AvgIpc) is 2.50. The van der Waals surface area contributed by atoms with Gasteiger partial charge < -0.3 is 4.74 Å². The molecule has 0 aliphatic heterocycles. The number of allylic oxidation sites excluding steroid dienone is 4. The SMILES string of the molecule is O=C(OC(CS(=O)(=O)O)(C(F)(F)F)C(F)(F)F)C1CCC2C=CC=CC2C1. The molecule has 2 aliphatic carbocycles. The monoisotopic (exact) mass is 422 g/mol. The summed E-state index contributed by atoms with van der Waals surface area (Å²) < 4.78 is 113. The van der Waals surface area contributed by atoms with Crippen LogP contribution >= 0.6 is 0 Å². The first-order valence-corrected chi connectivity index (χ1v) is 9.44. The van der Waals surface area contributed by atoms with Crippen LogP contribution in [0.15, 0.2) is 24.3 Å². The molecule has 0 aromatic heterocycles. The molecule has 0 radical (unpaired) electrons. The normalized spacial score (nSPS) is 26.6. The van der Waals surface area contributed by atoms with Gasteiger partial charge in [0.15, 0.2) is 0 Å². The Hall–Kier alpha value is -1.56. The molecule has 0 bridgehead atoms. The van der Waals surface area contributed by atoms with Crippen LogP contribution in [-0.4, -0.2) is 42.6 Å². The van der Waals surface area contributed by atoms with Gasteiger partial charge in [0.2, 0.25) is 0 Å². The third-order valence-corrected chi connectivity index (χ3v) is 5.46. The molecule has 1 fully saturated rings. The Morgan fingerprint density at radius 2 is 1.52 bits per heavy atom. The molecule has 1 N–H and O–H groups in total. The zero-order valence-corrected chi connectivity index (χ0v) is 14.4. The molecule has 3 unspecified atom stereocenters. The van der Waals surface area contributed by atoms with Gasteiger partial charge in [-0.1, -0.05) is 24.3 Å². The quantitative estimate of drug-likeness (QED) is 0.427. The number of hydrogen-bond acceptors (Lipinski definition) is 4. The molecule has 0 heterocycles. The third-order valence-electron chi connectivity index (χ3n) is 4.69. The van der Waals surface area contributed by atoms with E-state index in [-0.39, 0.29) is 24.7 Å². The van der Waals surface area contributed by atoms with E-state index >= 15 is 0 Å². The molecule has 1 saturated carbocycles. The first kappa shape index (κ1) is 21.7. The van der Waals surface area contributed by atoms with E-state index in [1.807, 2.05) is 6.08 Å². The summed E-state index contributed by atoms with van der Waals surface area (Å²) in [6, 6.07) is 0. The highest BCUT2D eigenvalue weighted by molar-refractivity contribution is 7.85. The lowest BCUT2D eigenvalue weighted by molar-refractivity contribution is -0.362. The Kier molecular flexibility index (Phi) is 5.73. The smallest absolute Gasteiger partial charge is 0.438 e. The van der Waals surface area contributed by atoms with Gasteiger partial charge in [0.1, 0.15) is 5.75 Å². The maximum absolute atomic E-state index is 13.2. The number of esters is 1. The summed E-state index contributed by atoms with van der Waals surface area (Å²) in [6.07, 6.45) is -5.34. The van der Waals surface area contributed by atoms with Gasteiger partial charge in [-0.2, -0.15) is 34.8 Å². The Balaban J connectivity index is 2.30. The second kappa shape index (κ2) is 7.12. The summed E-state index contributed by atoms with van der Waals surface area (Å²) in [5.74, 6) is -6.14. The summed E-state index contributed by atoms with van der Waals surface area (Å²) in [5.41, 5.74) is -5.34. The molecule has 0 aromatic rings. The fourth-order valence-corrected chi connectivity index (χ4v) is 4.20. The molecule has 0 amide bonds. The maximum atomic E-state index is 13.2. The minimum Gasteiger partial charge on any atom is -0.438 e. The van der Waals surface area contributed by atoms with Gasteiger partial charge in [-0.05, 0) is 31.1 Å². The molecular weight excluding hydrogens is 406 g/mol. The van der Waals surface area contributed by atoms with Crippen molar-refractivity contribution >= 4 is 16.1 Å². The summed E-state index contributed by atoms with van der Waals surface area (Å²) in [6.45, 7) is 0. The maximum Gasteiger partial charge on any atom is 0.438 e. The van der Waals surface area contributed by atoms with Crippen molar-refractivity contribution in [1.29, 1.82) is 0 Å². The minimum absolute atomic E-state index is 0.00412. The summed E-state index contributed by atoms with van der Waals surface area (Å²) >= 11 is 0. The predicted molar refractivity (Wildman–Crippen MR) is 79.9 cm³/mol. The standard InChI is InChI=1S/C15H16F6O5S/c16-14(17,18)13(15(19,20)21,8-27(23,24)25)26-12(22)11-6-5-9-3-1-2-4-10(9)7-11/h1-4,9-11H,5-8H2,(H,23,24,25). The largest absolute Gasteiger partial charge is 0.438 e. The Morgan fingerprint density at radius 3 is 2.00 bits per heavy atom. The van der Waals surface area contributed by atoms with E-state index in [9.17, 15) is 39.6 Å². The Bertz CT molecular complexity index is 723. The molecule has 2 aliphatic rings. The third kappa shape index (κ3) is 4.65. The van der Waals surface area contributed by atoms with Crippen LogP contribution < -0.4 is 0 Å². The molecular formula is C15H16F6O5S. The fraction of sp³-hybridized carbons (Fsp3) is 0.667. The second-order valence-electron chi connectivity index (χ2n) is 6.58. The Labute approximate surface area is 150 Å². The Morgan fingerprint density at radius 1 is 1.00 bits per heavy atom. The van der Waals surface area contributed by atoms with Crippen molar-refractivity contribution < 1.29 is 48.8 Å². The number of ether oxygens (including phenoxy) is 1. The van der Waals surface area contributed by atoms with Gasteiger partial charge in [-0.3, -0.25) is 9.35 Å². The number of halogens is 6. The number of carbonyl (C=O) groups is 1. The van der Waals surface area contributed by atoms with E-state index in [0.717, 1.165) is 0 Å². The van der Waals surface area contributed by atoms with E-state index in [2.05, 4.69) is 4.74 Å². The average molecular weight is 422 g/mol. The molecule has 0 aromatic carbocycles. The van der Waals surface area contributed by atoms with Gasteiger partial charge in [0.25, 0.3) is 10.1 Å². The number of fused-ring (bicyclic) bond motifs is 1. The summed E-state index contributed by atoms with van der Waals surface area (Å²) in [5, 5.41) is 0. The number of alkyl halides is 6. The first-order valence-electron chi connectivity index (χ1n) is 7.83. The lowest BCUT2D eigenvalue weighted by Crippen LogP contribution is -2.64. The summed E-state index contributed by atoms with van der Waals surface area (Å²) in [7, 11) is -5.78. The number of hydrogen-bond donors (Lipinski definition) is 1. The van der Waals surface area contributed by atoms with Crippen LogP contribution in [0.4, 0.5) is 26.3 Å². The van der Waals surface area contributed by atoms with Crippen molar-refractivity contribution in [2.75, 3.05) is 5.75 Å². The van der Waals surface area contributed by atoms with Gasteiger partial charge in [0.05, 0.1) is 5.92 Å². The van der Waals surface area contributed by atoms with Gasteiger partial charge >= 0.3 is 23.9 Å². The highest BCUT2D eigenvalue weighted by Gasteiger charge is 2.76. The summed E-state index contributed by atoms with van der Waals surface area (Å²) in [4.78, 5) is 12.1. The van der Waals surface area contributed by atoms with Crippen LogP contribution in [0, 0.1) is 17.8 Å². The lowest BCUT2D eigenvalue weighted by Gasteiger charge is -2.38. The van der Waals surface area contributed by atoms with Crippen LogP contribution in [0.5, 0.6) is 0 Å². The van der Waals surface area contributed by atoms with Gasteiger partial charge in [0, 0.05) is 0 Å². The topological polar surface area (TPSA) is 80.7 Å². The van der Waals surface area contributed by atoms with E-state index in [1.165, 1.54) is 0 Å². The molecule has 12 heteroatoms. The fourth-order valence-electron chi connectivity index (χ4n) is 3.30. The van der Waals surface area contributed by atoms with E-state index in [4.69, 9.17) is 4.55 Å². The van der Waals surface area contributed by atoms with Crippen molar-refractivity contribution in [3.8, 4) is 0 Å². The first-order chi connectivity index (χ1) is 12.2.